The number of aromatic nitrogens is 1. The maximum absolute atomic E-state index is 13.3. The van der Waals surface area contributed by atoms with Crippen LogP contribution in [0.2, 0.25) is 0 Å². The van der Waals surface area contributed by atoms with Gasteiger partial charge in [-0.2, -0.15) is 0 Å². The molecule has 1 amide bonds. The summed E-state index contributed by atoms with van der Waals surface area (Å²) in [6.45, 7) is 4.30. The third-order valence-electron chi connectivity index (χ3n) is 6.55. The van der Waals surface area contributed by atoms with Gasteiger partial charge in [0, 0.05) is 38.9 Å². The molecule has 5 rings (SSSR count). The molecule has 33 heavy (non-hydrogen) atoms. The van der Waals surface area contributed by atoms with Crippen molar-refractivity contribution in [3.8, 4) is 17.0 Å². The van der Waals surface area contributed by atoms with E-state index in [-0.39, 0.29) is 11.9 Å². The van der Waals surface area contributed by atoms with E-state index < -0.39 is 0 Å². The van der Waals surface area contributed by atoms with Gasteiger partial charge in [-0.25, -0.2) is 4.98 Å². The van der Waals surface area contributed by atoms with E-state index in [0.29, 0.717) is 31.1 Å². The maximum atomic E-state index is 13.3. The molecule has 170 valence electrons. The molecule has 2 aromatic carbocycles. The molecule has 0 N–H and O–H groups in total. The van der Waals surface area contributed by atoms with E-state index in [4.69, 9.17) is 4.74 Å². The summed E-state index contributed by atoms with van der Waals surface area (Å²) < 4.78 is 5.83. The molecule has 0 radical (unpaired) electrons. The number of nitrogens with zero attached hydrogens (tertiary/aromatic N) is 4. The Labute approximate surface area is 195 Å². The van der Waals surface area contributed by atoms with Crippen LogP contribution in [0.5, 0.6) is 5.88 Å². The number of piperazine rings is 1. The number of hydrogen-bond donors (Lipinski definition) is 0. The smallest absolute Gasteiger partial charge is 0.259 e. The average molecular weight is 443 g/mol. The fraction of sp³-hybridized carbons (Fsp3) is 0.333. The van der Waals surface area contributed by atoms with Gasteiger partial charge in [0.1, 0.15) is 12.2 Å². The molecule has 2 heterocycles. The Morgan fingerprint density at radius 1 is 0.939 bits per heavy atom. The number of carbonyl (C=O) groups excluding carboxylic acids is 1. The molecule has 0 bridgehead atoms. The zero-order chi connectivity index (χ0) is 22.8. The van der Waals surface area contributed by atoms with Crippen LogP contribution in [0.15, 0.2) is 66.9 Å². The maximum Gasteiger partial charge on any atom is 0.259 e. The molecule has 0 unspecified atom stereocenters. The van der Waals surface area contributed by atoms with Crippen LogP contribution in [0.3, 0.4) is 0 Å². The summed E-state index contributed by atoms with van der Waals surface area (Å²) in [6, 6.07) is 21.2. The number of likely N-dealkylation sites (N-methyl/N-ethyl adjacent to an activating group) is 1. The third kappa shape index (κ3) is 4.24. The fourth-order valence-corrected chi connectivity index (χ4v) is 4.87. The van der Waals surface area contributed by atoms with Gasteiger partial charge in [-0.3, -0.25) is 9.69 Å². The zero-order valence-electron chi connectivity index (χ0n) is 19.3. The van der Waals surface area contributed by atoms with E-state index in [1.54, 1.807) is 12.3 Å². The summed E-state index contributed by atoms with van der Waals surface area (Å²) in [5.41, 5.74) is 5.92. The highest BCUT2D eigenvalue weighted by Crippen LogP contribution is 2.46. The number of carbonyl (C=O) groups is 1. The van der Waals surface area contributed by atoms with Crippen molar-refractivity contribution in [2.75, 3.05) is 53.4 Å². The highest BCUT2D eigenvalue weighted by molar-refractivity contribution is 5.96. The molecule has 2 aliphatic rings. The number of pyridine rings is 1. The molecule has 0 atom stereocenters. The van der Waals surface area contributed by atoms with Gasteiger partial charge < -0.3 is 14.5 Å². The van der Waals surface area contributed by atoms with Crippen molar-refractivity contribution < 1.29 is 9.53 Å². The van der Waals surface area contributed by atoms with Crippen molar-refractivity contribution in [1.29, 1.82) is 0 Å². The highest BCUT2D eigenvalue weighted by atomic mass is 16.5. The van der Waals surface area contributed by atoms with Gasteiger partial charge in [0.15, 0.2) is 0 Å². The van der Waals surface area contributed by atoms with Crippen molar-refractivity contribution in [1.82, 2.24) is 19.7 Å². The lowest BCUT2D eigenvalue weighted by molar-refractivity contribution is 0.0594. The number of rotatable bonds is 6. The molecule has 1 aliphatic carbocycles. The van der Waals surface area contributed by atoms with Crippen LogP contribution in [0.4, 0.5) is 0 Å². The van der Waals surface area contributed by atoms with E-state index in [1.807, 2.05) is 30.0 Å². The van der Waals surface area contributed by atoms with Gasteiger partial charge in [0.25, 0.3) is 5.91 Å². The van der Waals surface area contributed by atoms with Crippen LogP contribution >= 0.6 is 0 Å². The van der Waals surface area contributed by atoms with Crippen LogP contribution in [-0.2, 0) is 0 Å². The van der Waals surface area contributed by atoms with Crippen molar-refractivity contribution in [3.05, 3.63) is 83.6 Å². The average Bonchev–Trinajstić information content (AvgIpc) is 3.18. The number of hydrogen-bond acceptors (Lipinski definition) is 5. The highest BCUT2D eigenvalue weighted by Gasteiger charge is 2.35. The van der Waals surface area contributed by atoms with E-state index in [2.05, 4.69) is 58.4 Å². The van der Waals surface area contributed by atoms with Crippen LogP contribution in [0, 0.1) is 0 Å². The summed E-state index contributed by atoms with van der Waals surface area (Å²) in [5, 5.41) is 0. The first-order valence-corrected chi connectivity index (χ1v) is 11.6. The fourth-order valence-electron chi connectivity index (χ4n) is 4.87. The molecule has 0 saturated carbocycles. The quantitative estimate of drug-likeness (QED) is 0.584. The van der Waals surface area contributed by atoms with E-state index in [1.165, 1.54) is 22.3 Å². The van der Waals surface area contributed by atoms with Crippen molar-refractivity contribution in [3.63, 3.8) is 0 Å². The van der Waals surface area contributed by atoms with Crippen molar-refractivity contribution in [2.24, 2.45) is 0 Å². The first-order chi connectivity index (χ1) is 16.1. The Bertz CT molecular complexity index is 1090. The number of ether oxygens (including phenoxy) is 1. The molecule has 3 aromatic rings. The van der Waals surface area contributed by atoms with Crippen LogP contribution in [-0.4, -0.2) is 79.0 Å². The molecule has 1 fully saturated rings. The summed E-state index contributed by atoms with van der Waals surface area (Å²) in [6.07, 6.45) is 1.68. The van der Waals surface area contributed by atoms with Gasteiger partial charge in [-0.1, -0.05) is 48.5 Å². The lowest BCUT2D eigenvalue weighted by Gasteiger charge is -2.38. The Hall–Kier alpha value is -3.22. The zero-order valence-corrected chi connectivity index (χ0v) is 19.3. The Morgan fingerprint density at radius 3 is 2.21 bits per heavy atom. The minimum absolute atomic E-state index is 0.00479. The molecule has 6 heteroatoms. The Balaban J connectivity index is 1.29. The third-order valence-corrected chi connectivity index (χ3v) is 6.55. The second-order valence-corrected chi connectivity index (χ2v) is 8.91. The predicted octanol–water partition coefficient (Wildman–Crippen LogP) is 3.55. The van der Waals surface area contributed by atoms with Gasteiger partial charge in [-0.05, 0) is 48.5 Å². The standard InChI is InChI=1S/C27H30N4O2/c1-29(2)18-19-33-26-24(12-7-13-28-26)27(32)31-16-14-30(15-17-31)25-22-10-5-3-8-20(22)21-9-4-6-11-23(21)25/h3-13,25H,14-19H2,1-2H3. The van der Waals surface area contributed by atoms with E-state index >= 15 is 0 Å². The second kappa shape index (κ2) is 9.33. The molecule has 1 aliphatic heterocycles. The van der Waals surface area contributed by atoms with Gasteiger partial charge in [-0.15, -0.1) is 0 Å². The number of fused-ring (bicyclic) bond motifs is 3. The summed E-state index contributed by atoms with van der Waals surface area (Å²) >= 11 is 0. The summed E-state index contributed by atoms with van der Waals surface area (Å²) in [4.78, 5) is 24.1. The van der Waals surface area contributed by atoms with Gasteiger partial charge >= 0.3 is 0 Å². The van der Waals surface area contributed by atoms with Crippen molar-refractivity contribution in [2.45, 2.75) is 6.04 Å². The minimum atomic E-state index is -0.00479. The Morgan fingerprint density at radius 2 is 1.58 bits per heavy atom. The Kier molecular flexibility index (Phi) is 6.11. The summed E-state index contributed by atoms with van der Waals surface area (Å²) in [7, 11) is 3.99. The van der Waals surface area contributed by atoms with E-state index in [9.17, 15) is 4.79 Å². The lowest BCUT2D eigenvalue weighted by atomic mass is 10.0. The first kappa shape index (κ1) is 21.6. The molecule has 1 aromatic heterocycles. The van der Waals surface area contributed by atoms with Gasteiger partial charge in [0.2, 0.25) is 5.88 Å². The molecular weight excluding hydrogens is 412 g/mol. The number of amides is 1. The first-order valence-electron chi connectivity index (χ1n) is 11.6. The summed E-state index contributed by atoms with van der Waals surface area (Å²) in [5.74, 6) is 0.417. The molecule has 0 spiro atoms. The normalized spacial score (nSPS) is 16.0. The predicted molar refractivity (Wildman–Crippen MR) is 129 cm³/mol. The van der Waals surface area contributed by atoms with Crippen LogP contribution in [0.1, 0.15) is 27.5 Å². The second-order valence-electron chi connectivity index (χ2n) is 8.91. The number of benzene rings is 2. The molecule has 6 nitrogen and oxygen atoms in total. The van der Waals surface area contributed by atoms with Crippen LogP contribution < -0.4 is 4.74 Å². The lowest BCUT2D eigenvalue weighted by Crippen LogP contribution is -2.49. The molecular formula is C27H30N4O2. The largest absolute Gasteiger partial charge is 0.476 e. The van der Waals surface area contributed by atoms with Gasteiger partial charge in [0.05, 0.1) is 6.04 Å². The van der Waals surface area contributed by atoms with Crippen LogP contribution in [0.25, 0.3) is 11.1 Å². The molecule has 1 saturated heterocycles. The van der Waals surface area contributed by atoms with Crippen molar-refractivity contribution >= 4 is 5.91 Å². The SMILES string of the molecule is CN(C)CCOc1ncccc1C(=O)N1CCN(C2c3ccccc3-c3ccccc32)CC1. The topological polar surface area (TPSA) is 48.9 Å². The monoisotopic (exact) mass is 442 g/mol. The van der Waals surface area contributed by atoms with E-state index in [0.717, 1.165) is 19.6 Å². The minimum Gasteiger partial charge on any atom is -0.476 e.